The highest BCUT2D eigenvalue weighted by Gasteiger charge is 2.11. The number of rotatable bonds is 7. The summed E-state index contributed by atoms with van der Waals surface area (Å²) >= 11 is 0. The number of benzene rings is 1. The fraction of sp³-hybridized carbons (Fsp3) is 0.571. The Labute approximate surface area is 98.3 Å². The van der Waals surface area contributed by atoms with E-state index >= 15 is 0 Å². The molecule has 2 atom stereocenters. The van der Waals surface area contributed by atoms with E-state index in [1.54, 1.807) is 7.11 Å². The van der Waals surface area contributed by atoms with Gasteiger partial charge in [-0.1, -0.05) is 37.3 Å². The molecule has 0 aliphatic rings. The normalized spacial score (nSPS) is 14.7. The number of methoxy groups -OCH3 is 1. The van der Waals surface area contributed by atoms with Crippen molar-refractivity contribution in [2.45, 2.75) is 38.2 Å². The zero-order valence-corrected chi connectivity index (χ0v) is 10.2. The van der Waals surface area contributed by atoms with Crippen LogP contribution in [-0.2, 0) is 4.74 Å². The van der Waals surface area contributed by atoms with E-state index in [9.17, 15) is 5.11 Å². The average Bonchev–Trinajstić information content (AvgIpc) is 2.30. The monoisotopic (exact) mass is 222 g/mol. The van der Waals surface area contributed by atoms with E-state index in [2.05, 4.69) is 19.1 Å². The van der Waals surface area contributed by atoms with Crippen LogP contribution in [0.3, 0.4) is 0 Å². The van der Waals surface area contributed by atoms with Crippen molar-refractivity contribution >= 4 is 0 Å². The number of ether oxygens (including phenoxy) is 1. The molecular weight excluding hydrogens is 200 g/mol. The Morgan fingerprint density at radius 3 is 2.56 bits per heavy atom. The van der Waals surface area contributed by atoms with Crippen LogP contribution >= 0.6 is 0 Å². The summed E-state index contributed by atoms with van der Waals surface area (Å²) in [5.41, 5.74) is 1.30. The van der Waals surface area contributed by atoms with Crippen molar-refractivity contribution in [1.29, 1.82) is 0 Å². The average molecular weight is 222 g/mol. The van der Waals surface area contributed by atoms with Crippen molar-refractivity contribution < 1.29 is 9.84 Å². The lowest BCUT2D eigenvalue weighted by Crippen LogP contribution is -2.11. The second kappa shape index (κ2) is 7.42. The first-order chi connectivity index (χ1) is 7.74. The summed E-state index contributed by atoms with van der Waals surface area (Å²) in [6, 6.07) is 10.3. The molecule has 0 spiro atoms. The van der Waals surface area contributed by atoms with E-state index in [0.29, 0.717) is 5.92 Å². The zero-order chi connectivity index (χ0) is 11.8. The van der Waals surface area contributed by atoms with Crippen molar-refractivity contribution in [2.24, 2.45) is 0 Å². The Kier molecular flexibility index (Phi) is 6.12. The Morgan fingerprint density at radius 2 is 1.94 bits per heavy atom. The molecule has 1 rings (SSSR count). The van der Waals surface area contributed by atoms with Crippen LogP contribution in [0.25, 0.3) is 0 Å². The van der Waals surface area contributed by atoms with Gasteiger partial charge in [-0.3, -0.25) is 0 Å². The quantitative estimate of drug-likeness (QED) is 0.719. The molecule has 0 aliphatic heterocycles. The largest absolute Gasteiger partial charge is 0.393 e. The third-order valence-corrected chi connectivity index (χ3v) is 2.88. The first kappa shape index (κ1) is 13.2. The molecule has 0 bridgehead atoms. The van der Waals surface area contributed by atoms with E-state index in [1.165, 1.54) is 5.56 Å². The molecule has 2 heteroatoms. The zero-order valence-electron chi connectivity index (χ0n) is 10.2. The minimum absolute atomic E-state index is 0.217. The van der Waals surface area contributed by atoms with Gasteiger partial charge in [-0.05, 0) is 30.7 Å². The van der Waals surface area contributed by atoms with Crippen molar-refractivity contribution in [1.82, 2.24) is 0 Å². The van der Waals surface area contributed by atoms with Crippen molar-refractivity contribution in [3.05, 3.63) is 35.9 Å². The van der Waals surface area contributed by atoms with Crippen molar-refractivity contribution in [2.75, 3.05) is 13.7 Å². The highest BCUT2D eigenvalue weighted by molar-refractivity contribution is 5.18. The molecule has 90 valence electrons. The highest BCUT2D eigenvalue weighted by atomic mass is 16.5. The molecule has 0 heterocycles. The summed E-state index contributed by atoms with van der Waals surface area (Å²) in [6.45, 7) is 2.89. The Balaban J connectivity index is 2.31. The SMILES string of the molecule is COCCCC(O)CC(C)c1ccccc1. The van der Waals surface area contributed by atoms with Gasteiger partial charge >= 0.3 is 0 Å². The predicted octanol–water partition coefficient (Wildman–Crippen LogP) is 2.97. The van der Waals surface area contributed by atoms with Crippen LogP contribution in [0.4, 0.5) is 0 Å². The summed E-state index contributed by atoms with van der Waals surface area (Å²) < 4.78 is 4.97. The second-order valence-electron chi connectivity index (χ2n) is 4.34. The van der Waals surface area contributed by atoms with E-state index in [-0.39, 0.29) is 6.10 Å². The number of aliphatic hydroxyl groups is 1. The van der Waals surface area contributed by atoms with Crippen LogP contribution in [0.1, 0.15) is 37.7 Å². The molecule has 1 N–H and O–H groups in total. The fourth-order valence-corrected chi connectivity index (χ4v) is 1.91. The third kappa shape index (κ3) is 4.77. The molecule has 0 amide bonds. The van der Waals surface area contributed by atoms with Crippen LogP contribution in [-0.4, -0.2) is 24.9 Å². The van der Waals surface area contributed by atoms with Crippen LogP contribution in [0.15, 0.2) is 30.3 Å². The lowest BCUT2D eigenvalue weighted by molar-refractivity contribution is 0.123. The predicted molar refractivity (Wildman–Crippen MR) is 66.6 cm³/mol. The van der Waals surface area contributed by atoms with Crippen LogP contribution < -0.4 is 0 Å². The lowest BCUT2D eigenvalue weighted by atomic mass is 9.93. The summed E-state index contributed by atoms with van der Waals surface area (Å²) in [7, 11) is 1.69. The molecule has 0 aliphatic carbocycles. The van der Waals surface area contributed by atoms with Gasteiger partial charge in [0, 0.05) is 13.7 Å². The van der Waals surface area contributed by atoms with Gasteiger partial charge in [0.05, 0.1) is 6.10 Å². The lowest BCUT2D eigenvalue weighted by Gasteiger charge is -2.16. The number of hydrogen-bond donors (Lipinski definition) is 1. The minimum atomic E-state index is -0.217. The molecule has 0 aromatic heterocycles. The first-order valence-electron chi connectivity index (χ1n) is 5.96. The fourth-order valence-electron chi connectivity index (χ4n) is 1.91. The van der Waals surface area contributed by atoms with Crippen LogP contribution in [0.5, 0.6) is 0 Å². The standard InChI is InChI=1S/C14H22O2/c1-12(13-7-4-3-5-8-13)11-14(15)9-6-10-16-2/h3-5,7-8,12,14-15H,6,9-11H2,1-2H3. The van der Waals surface area contributed by atoms with Gasteiger partial charge < -0.3 is 9.84 Å². The summed E-state index contributed by atoms with van der Waals surface area (Å²) in [5, 5.41) is 9.85. The maximum Gasteiger partial charge on any atom is 0.0546 e. The molecule has 1 aromatic rings. The summed E-state index contributed by atoms with van der Waals surface area (Å²) in [6.07, 6.45) is 2.36. The molecule has 2 nitrogen and oxygen atoms in total. The Hall–Kier alpha value is -0.860. The molecule has 1 aromatic carbocycles. The summed E-state index contributed by atoms with van der Waals surface area (Å²) in [5.74, 6) is 0.416. The molecular formula is C14H22O2. The molecule has 2 unspecified atom stereocenters. The molecule has 0 saturated carbocycles. The maximum atomic E-state index is 9.85. The van der Waals surface area contributed by atoms with Crippen LogP contribution in [0.2, 0.25) is 0 Å². The van der Waals surface area contributed by atoms with Gasteiger partial charge in [-0.25, -0.2) is 0 Å². The van der Waals surface area contributed by atoms with Gasteiger partial charge in [0.1, 0.15) is 0 Å². The maximum absolute atomic E-state index is 9.85. The van der Waals surface area contributed by atoms with Crippen LogP contribution in [0, 0.1) is 0 Å². The highest BCUT2D eigenvalue weighted by Crippen LogP contribution is 2.21. The third-order valence-electron chi connectivity index (χ3n) is 2.88. The van der Waals surface area contributed by atoms with Gasteiger partial charge in [0.2, 0.25) is 0 Å². The van der Waals surface area contributed by atoms with E-state index in [4.69, 9.17) is 4.74 Å². The van der Waals surface area contributed by atoms with E-state index in [1.807, 2.05) is 18.2 Å². The topological polar surface area (TPSA) is 29.5 Å². The molecule has 0 saturated heterocycles. The van der Waals surface area contributed by atoms with Gasteiger partial charge in [0.15, 0.2) is 0 Å². The van der Waals surface area contributed by atoms with E-state index < -0.39 is 0 Å². The number of hydrogen-bond acceptors (Lipinski definition) is 2. The molecule has 0 radical (unpaired) electrons. The Morgan fingerprint density at radius 1 is 1.25 bits per heavy atom. The van der Waals surface area contributed by atoms with Gasteiger partial charge in [0.25, 0.3) is 0 Å². The smallest absolute Gasteiger partial charge is 0.0546 e. The second-order valence-corrected chi connectivity index (χ2v) is 4.34. The first-order valence-corrected chi connectivity index (χ1v) is 5.96. The van der Waals surface area contributed by atoms with Crippen molar-refractivity contribution in [3.8, 4) is 0 Å². The Bertz CT molecular complexity index is 271. The van der Waals surface area contributed by atoms with E-state index in [0.717, 1.165) is 25.9 Å². The van der Waals surface area contributed by atoms with Gasteiger partial charge in [-0.2, -0.15) is 0 Å². The summed E-state index contributed by atoms with van der Waals surface area (Å²) in [4.78, 5) is 0. The van der Waals surface area contributed by atoms with Gasteiger partial charge in [-0.15, -0.1) is 0 Å². The number of aliphatic hydroxyl groups excluding tert-OH is 1. The molecule has 0 fully saturated rings. The van der Waals surface area contributed by atoms with Crippen molar-refractivity contribution in [3.63, 3.8) is 0 Å². The molecule has 16 heavy (non-hydrogen) atoms. The minimum Gasteiger partial charge on any atom is -0.393 e.